The van der Waals surface area contributed by atoms with E-state index in [0.717, 1.165) is 33.4 Å². The maximum absolute atomic E-state index is 13.4. The van der Waals surface area contributed by atoms with Gasteiger partial charge in [-0.2, -0.15) is 5.10 Å². The number of hydrogen-bond donors (Lipinski definition) is 2. The van der Waals surface area contributed by atoms with Crippen LogP contribution >= 0.6 is 0 Å². The van der Waals surface area contributed by atoms with Crippen molar-refractivity contribution in [3.05, 3.63) is 60.2 Å². The van der Waals surface area contributed by atoms with Crippen molar-refractivity contribution in [2.75, 3.05) is 5.32 Å². The van der Waals surface area contributed by atoms with Gasteiger partial charge in [0.15, 0.2) is 0 Å². The van der Waals surface area contributed by atoms with Gasteiger partial charge in [0.2, 0.25) is 0 Å². The van der Waals surface area contributed by atoms with Crippen molar-refractivity contribution >= 4 is 33.2 Å². The van der Waals surface area contributed by atoms with Crippen LogP contribution in [-0.2, 0) is 0 Å². The molecule has 2 heterocycles. The molecule has 2 N–H and O–H groups in total. The Morgan fingerprint density at radius 2 is 2.00 bits per heavy atom. The fourth-order valence-corrected chi connectivity index (χ4v) is 2.61. The Bertz CT molecular complexity index is 985. The average molecular weight is 292 g/mol. The predicted octanol–water partition coefficient (Wildman–Crippen LogP) is 4.30. The van der Waals surface area contributed by atoms with Crippen LogP contribution in [0.5, 0.6) is 0 Å². The second kappa shape index (κ2) is 4.80. The molecule has 0 bridgehead atoms. The quantitative estimate of drug-likeness (QED) is 0.579. The van der Waals surface area contributed by atoms with E-state index in [9.17, 15) is 4.39 Å². The van der Waals surface area contributed by atoms with Crippen molar-refractivity contribution < 1.29 is 4.39 Å². The molecule has 22 heavy (non-hydrogen) atoms. The molecule has 0 saturated heterocycles. The molecule has 0 fully saturated rings. The van der Waals surface area contributed by atoms with Gasteiger partial charge in [-0.1, -0.05) is 0 Å². The molecule has 0 radical (unpaired) electrons. The topological polar surface area (TPSA) is 53.6 Å². The number of anilines is 2. The highest BCUT2D eigenvalue weighted by Gasteiger charge is 2.06. The van der Waals surface area contributed by atoms with E-state index in [2.05, 4.69) is 20.5 Å². The van der Waals surface area contributed by atoms with Gasteiger partial charge in [0.25, 0.3) is 0 Å². The number of rotatable bonds is 2. The van der Waals surface area contributed by atoms with E-state index in [-0.39, 0.29) is 5.82 Å². The van der Waals surface area contributed by atoms with Gasteiger partial charge in [-0.05, 0) is 43.3 Å². The highest BCUT2D eigenvalue weighted by molar-refractivity contribution is 5.94. The number of hydrogen-bond acceptors (Lipinski definition) is 3. The SMILES string of the molecule is Cc1cc(Nc2ccc3cn[nH]c3c2)c2ccc(F)cc2n1. The Hall–Kier alpha value is -2.95. The van der Waals surface area contributed by atoms with Gasteiger partial charge in [-0.15, -0.1) is 0 Å². The third-order valence-electron chi connectivity index (χ3n) is 3.62. The lowest BCUT2D eigenvalue weighted by molar-refractivity contribution is 0.629. The summed E-state index contributed by atoms with van der Waals surface area (Å²) in [7, 11) is 0. The van der Waals surface area contributed by atoms with Gasteiger partial charge in [-0.25, -0.2) is 4.39 Å². The number of aryl methyl sites for hydroxylation is 1. The number of fused-ring (bicyclic) bond motifs is 2. The van der Waals surface area contributed by atoms with Crippen molar-refractivity contribution in [2.24, 2.45) is 0 Å². The Morgan fingerprint density at radius 3 is 2.91 bits per heavy atom. The summed E-state index contributed by atoms with van der Waals surface area (Å²) in [6.45, 7) is 1.90. The molecule has 0 aliphatic heterocycles. The van der Waals surface area contributed by atoms with Crippen LogP contribution in [0.4, 0.5) is 15.8 Å². The smallest absolute Gasteiger partial charge is 0.125 e. The summed E-state index contributed by atoms with van der Waals surface area (Å²) < 4.78 is 13.4. The summed E-state index contributed by atoms with van der Waals surface area (Å²) in [4.78, 5) is 4.38. The number of H-pyrrole nitrogens is 1. The number of pyridine rings is 1. The summed E-state index contributed by atoms with van der Waals surface area (Å²) in [6.07, 6.45) is 1.79. The lowest BCUT2D eigenvalue weighted by atomic mass is 10.1. The number of nitrogens with zero attached hydrogens (tertiary/aromatic N) is 2. The largest absolute Gasteiger partial charge is 0.355 e. The van der Waals surface area contributed by atoms with E-state index in [4.69, 9.17) is 0 Å². The molecule has 5 heteroatoms. The van der Waals surface area contributed by atoms with E-state index in [1.807, 2.05) is 31.2 Å². The molecule has 4 aromatic rings. The monoisotopic (exact) mass is 292 g/mol. The molecule has 0 spiro atoms. The number of aromatic nitrogens is 3. The Balaban J connectivity index is 1.82. The Kier molecular flexibility index (Phi) is 2.79. The maximum atomic E-state index is 13.4. The van der Waals surface area contributed by atoms with Gasteiger partial charge in [0, 0.05) is 33.9 Å². The van der Waals surface area contributed by atoms with E-state index >= 15 is 0 Å². The van der Waals surface area contributed by atoms with Gasteiger partial charge in [0.1, 0.15) is 5.82 Å². The first kappa shape index (κ1) is 12.8. The van der Waals surface area contributed by atoms with Crippen molar-refractivity contribution in [3.63, 3.8) is 0 Å². The zero-order chi connectivity index (χ0) is 15.1. The molecule has 108 valence electrons. The van der Waals surface area contributed by atoms with Crippen LogP contribution in [0.2, 0.25) is 0 Å². The molecular formula is C17H13FN4. The van der Waals surface area contributed by atoms with Crippen molar-refractivity contribution in [1.82, 2.24) is 15.2 Å². The lowest BCUT2D eigenvalue weighted by Gasteiger charge is -2.11. The van der Waals surface area contributed by atoms with E-state index < -0.39 is 0 Å². The highest BCUT2D eigenvalue weighted by Crippen LogP contribution is 2.28. The number of aromatic amines is 1. The van der Waals surface area contributed by atoms with Crippen LogP contribution in [0.15, 0.2) is 48.7 Å². The molecule has 0 amide bonds. The summed E-state index contributed by atoms with van der Waals surface area (Å²) in [5.74, 6) is -0.282. The van der Waals surface area contributed by atoms with Crippen LogP contribution in [0.3, 0.4) is 0 Å². The number of benzene rings is 2. The van der Waals surface area contributed by atoms with Gasteiger partial charge in [-0.3, -0.25) is 10.1 Å². The molecule has 2 aromatic heterocycles. The average Bonchev–Trinajstić information content (AvgIpc) is 2.94. The fraction of sp³-hybridized carbons (Fsp3) is 0.0588. The summed E-state index contributed by atoms with van der Waals surface area (Å²) in [5, 5.41) is 12.3. The molecular weight excluding hydrogens is 279 g/mol. The van der Waals surface area contributed by atoms with E-state index in [1.165, 1.54) is 12.1 Å². The van der Waals surface area contributed by atoms with E-state index in [1.54, 1.807) is 12.3 Å². The molecule has 0 saturated carbocycles. The second-order valence-electron chi connectivity index (χ2n) is 5.27. The predicted molar refractivity (Wildman–Crippen MR) is 85.8 cm³/mol. The minimum atomic E-state index is -0.282. The minimum Gasteiger partial charge on any atom is -0.355 e. The van der Waals surface area contributed by atoms with Crippen molar-refractivity contribution in [1.29, 1.82) is 0 Å². The molecule has 0 aliphatic carbocycles. The molecule has 2 aromatic carbocycles. The fourth-order valence-electron chi connectivity index (χ4n) is 2.61. The molecule has 0 aliphatic rings. The molecule has 4 rings (SSSR count). The first-order valence-corrected chi connectivity index (χ1v) is 6.96. The van der Waals surface area contributed by atoms with Crippen molar-refractivity contribution in [2.45, 2.75) is 6.92 Å². The maximum Gasteiger partial charge on any atom is 0.125 e. The first-order valence-electron chi connectivity index (χ1n) is 6.96. The van der Waals surface area contributed by atoms with Crippen LogP contribution in [0, 0.1) is 12.7 Å². The second-order valence-corrected chi connectivity index (χ2v) is 5.27. The summed E-state index contributed by atoms with van der Waals surface area (Å²) in [5.41, 5.74) is 4.29. The zero-order valence-corrected chi connectivity index (χ0v) is 11.9. The summed E-state index contributed by atoms with van der Waals surface area (Å²) in [6, 6.07) is 12.6. The lowest BCUT2D eigenvalue weighted by Crippen LogP contribution is -1.95. The molecule has 4 nitrogen and oxygen atoms in total. The van der Waals surface area contributed by atoms with Crippen LogP contribution in [0.25, 0.3) is 21.8 Å². The number of halogens is 1. The van der Waals surface area contributed by atoms with Gasteiger partial charge >= 0.3 is 0 Å². The minimum absolute atomic E-state index is 0.282. The number of nitrogens with one attached hydrogen (secondary N) is 2. The normalized spacial score (nSPS) is 11.2. The van der Waals surface area contributed by atoms with Crippen LogP contribution in [0.1, 0.15) is 5.69 Å². The Morgan fingerprint density at radius 1 is 1.09 bits per heavy atom. The van der Waals surface area contributed by atoms with Crippen molar-refractivity contribution in [3.8, 4) is 0 Å². The van der Waals surface area contributed by atoms with Crippen LogP contribution in [-0.4, -0.2) is 15.2 Å². The van der Waals surface area contributed by atoms with E-state index in [0.29, 0.717) is 5.52 Å². The molecule has 0 unspecified atom stereocenters. The highest BCUT2D eigenvalue weighted by atomic mass is 19.1. The van der Waals surface area contributed by atoms with Crippen LogP contribution < -0.4 is 5.32 Å². The van der Waals surface area contributed by atoms with Gasteiger partial charge in [0.05, 0.1) is 17.2 Å². The van der Waals surface area contributed by atoms with Gasteiger partial charge < -0.3 is 5.32 Å². The third-order valence-corrected chi connectivity index (χ3v) is 3.62. The standard InChI is InChI=1S/C17H13FN4/c1-10-6-16(14-5-3-12(18)7-17(14)20-10)21-13-4-2-11-9-19-22-15(11)8-13/h2-9H,1H3,(H,19,22)(H,20,21). The third kappa shape index (κ3) is 2.16. The first-order chi connectivity index (χ1) is 10.7. The summed E-state index contributed by atoms with van der Waals surface area (Å²) >= 11 is 0. The zero-order valence-electron chi connectivity index (χ0n) is 11.9. The molecule has 0 atom stereocenters. The Labute approximate surface area is 126 Å².